The van der Waals surface area contributed by atoms with E-state index in [4.69, 9.17) is 0 Å². The second kappa shape index (κ2) is 5.32. The minimum absolute atomic E-state index is 0.285. The van der Waals surface area contributed by atoms with E-state index in [1.807, 2.05) is 20.0 Å². The highest BCUT2D eigenvalue weighted by Crippen LogP contribution is 2.20. The molecule has 0 saturated carbocycles. The Kier molecular flexibility index (Phi) is 4.32. The van der Waals surface area contributed by atoms with Gasteiger partial charge >= 0.3 is 0 Å². The number of benzene rings is 1. The number of para-hydroxylation sites is 1. The number of likely N-dealkylation sites (N-methyl/N-ethyl adjacent to an activating group) is 1. The molecule has 0 spiro atoms. The molecular weight excluding hydrogens is 224 g/mol. The molecule has 4 nitrogen and oxygen atoms in total. The number of anilines is 1. The predicted octanol–water partition coefficient (Wildman–Crippen LogP) is 1.11. The van der Waals surface area contributed by atoms with Crippen molar-refractivity contribution < 1.29 is 8.42 Å². The first-order valence-electron chi connectivity index (χ1n) is 5.15. The fourth-order valence-electron chi connectivity index (χ4n) is 1.30. The lowest BCUT2D eigenvalue weighted by Gasteiger charge is -2.14. The zero-order valence-electron chi connectivity index (χ0n) is 9.82. The van der Waals surface area contributed by atoms with Crippen LogP contribution in [0.15, 0.2) is 29.2 Å². The second-order valence-corrected chi connectivity index (χ2v) is 5.82. The van der Waals surface area contributed by atoms with Crippen molar-refractivity contribution in [3.63, 3.8) is 0 Å². The molecule has 1 aromatic carbocycles. The molecule has 0 aromatic heterocycles. The van der Waals surface area contributed by atoms with E-state index >= 15 is 0 Å². The summed E-state index contributed by atoms with van der Waals surface area (Å²) in [5.41, 5.74) is 0.659. The summed E-state index contributed by atoms with van der Waals surface area (Å²) in [4.78, 5) is 0.346. The molecule has 90 valence electrons. The van der Waals surface area contributed by atoms with Gasteiger partial charge in [-0.15, -0.1) is 0 Å². The Balaban J connectivity index is 2.88. The highest BCUT2D eigenvalue weighted by molar-refractivity contribution is 7.90. The molecule has 0 aliphatic heterocycles. The van der Waals surface area contributed by atoms with E-state index in [0.29, 0.717) is 17.1 Å². The van der Waals surface area contributed by atoms with Crippen molar-refractivity contribution in [2.24, 2.45) is 0 Å². The second-order valence-electron chi connectivity index (χ2n) is 3.84. The maximum atomic E-state index is 11.5. The Hall–Kier alpha value is -1.07. The Morgan fingerprint density at radius 3 is 2.50 bits per heavy atom. The summed E-state index contributed by atoms with van der Waals surface area (Å²) >= 11 is 0. The van der Waals surface area contributed by atoms with Gasteiger partial charge in [0.15, 0.2) is 9.84 Å². The highest BCUT2D eigenvalue weighted by Gasteiger charge is 2.12. The molecule has 0 aliphatic carbocycles. The van der Waals surface area contributed by atoms with Crippen LogP contribution in [-0.2, 0) is 9.84 Å². The van der Waals surface area contributed by atoms with Gasteiger partial charge < -0.3 is 10.6 Å². The SMILES string of the molecule is CNC(C)CNc1ccccc1S(C)(=O)=O. The molecule has 0 aliphatic rings. The van der Waals surface area contributed by atoms with Crippen molar-refractivity contribution in [1.82, 2.24) is 5.32 Å². The maximum absolute atomic E-state index is 11.5. The quantitative estimate of drug-likeness (QED) is 0.812. The van der Waals surface area contributed by atoms with Crippen molar-refractivity contribution in [1.29, 1.82) is 0 Å². The van der Waals surface area contributed by atoms with Crippen molar-refractivity contribution in [3.8, 4) is 0 Å². The number of hydrogen-bond acceptors (Lipinski definition) is 4. The van der Waals surface area contributed by atoms with Crippen LogP contribution >= 0.6 is 0 Å². The van der Waals surface area contributed by atoms with Crippen molar-refractivity contribution in [3.05, 3.63) is 24.3 Å². The number of nitrogens with one attached hydrogen (secondary N) is 2. The molecule has 5 heteroatoms. The standard InChI is InChI=1S/C11H18N2O2S/c1-9(12-2)8-13-10-6-4-5-7-11(10)16(3,14)15/h4-7,9,12-13H,8H2,1-3H3. The van der Waals surface area contributed by atoms with Gasteiger partial charge in [-0.05, 0) is 26.1 Å². The van der Waals surface area contributed by atoms with Crippen LogP contribution < -0.4 is 10.6 Å². The van der Waals surface area contributed by atoms with E-state index in [0.717, 1.165) is 0 Å². The summed E-state index contributed by atoms with van der Waals surface area (Å²) in [6.07, 6.45) is 1.22. The van der Waals surface area contributed by atoms with Crippen LogP contribution in [0, 0.1) is 0 Å². The van der Waals surface area contributed by atoms with Gasteiger partial charge in [-0.2, -0.15) is 0 Å². The highest BCUT2D eigenvalue weighted by atomic mass is 32.2. The van der Waals surface area contributed by atoms with Crippen LogP contribution in [0.25, 0.3) is 0 Å². The van der Waals surface area contributed by atoms with E-state index in [1.54, 1.807) is 18.2 Å². The Bertz CT molecular complexity index is 443. The molecule has 0 fully saturated rings. The van der Waals surface area contributed by atoms with E-state index in [-0.39, 0.29) is 6.04 Å². The van der Waals surface area contributed by atoms with Gasteiger partial charge in [0.1, 0.15) is 0 Å². The van der Waals surface area contributed by atoms with Gasteiger partial charge in [-0.1, -0.05) is 12.1 Å². The average Bonchev–Trinajstić information content (AvgIpc) is 2.25. The zero-order chi connectivity index (χ0) is 12.2. The van der Waals surface area contributed by atoms with Gasteiger partial charge in [0.2, 0.25) is 0 Å². The summed E-state index contributed by atoms with van der Waals surface area (Å²) in [6, 6.07) is 7.22. The monoisotopic (exact) mass is 242 g/mol. The first kappa shape index (κ1) is 13.0. The summed E-state index contributed by atoms with van der Waals surface area (Å²) in [7, 11) is -1.30. The molecule has 0 bridgehead atoms. The largest absolute Gasteiger partial charge is 0.382 e. The minimum Gasteiger partial charge on any atom is -0.382 e. The van der Waals surface area contributed by atoms with Crippen LogP contribution in [0.2, 0.25) is 0 Å². The third kappa shape index (κ3) is 3.50. The van der Waals surface area contributed by atoms with Crippen molar-refractivity contribution in [2.45, 2.75) is 17.9 Å². The Labute approximate surface area is 97.0 Å². The van der Waals surface area contributed by atoms with Crippen LogP contribution in [0.1, 0.15) is 6.92 Å². The Morgan fingerprint density at radius 2 is 1.94 bits per heavy atom. The normalized spacial score (nSPS) is 13.4. The van der Waals surface area contributed by atoms with E-state index in [2.05, 4.69) is 10.6 Å². The van der Waals surface area contributed by atoms with Crippen LogP contribution in [0.4, 0.5) is 5.69 Å². The number of rotatable bonds is 5. The molecular formula is C11H18N2O2S. The fourth-order valence-corrected chi connectivity index (χ4v) is 2.17. The van der Waals surface area contributed by atoms with Crippen LogP contribution in [0.3, 0.4) is 0 Å². The van der Waals surface area contributed by atoms with Gasteiger partial charge in [0.25, 0.3) is 0 Å². The third-order valence-corrected chi connectivity index (χ3v) is 3.53. The summed E-state index contributed by atoms with van der Waals surface area (Å²) in [6.45, 7) is 2.71. The lowest BCUT2D eigenvalue weighted by Crippen LogP contribution is -2.29. The molecule has 0 saturated heterocycles. The smallest absolute Gasteiger partial charge is 0.177 e. The van der Waals surface area contributed by atoms with Gasteiger partial charge in [-0.25, -0.2) is 8.42 Å². The lowest BCUT2D eigenvalue weighted by atomic mass is 10.3. The van der Waals surface area contributed by atoms with Crippen LogP contribution in [0.5, 0.6) is 0 Å². The van der Waals surface area contributed by atoms with E-state index in [9.17, 15) is 8.42 Å². The molecule has 0 heterocycles. The molecule has 16 heavy (non-hydrogen) atoms. The number of sulfone groups is 1. The topological polar surface area (TPSA) is 58.2 Å². The Morgan fingerprint density at radius 1 is 1.31 bits per heavy atom. The molecule has 0 radical (unpaired) electrons. The molecule has 1 atom stereocenters. The summed E-state index contributed by atoms with van der Waals surface area (Å²) in [5.74, 6) is 0. The lowest BCUT2D eigenvalue weighted by molar-refractivity contribution is 0.601. The molecule has 1 rings (SSSR count). The predicted molar refractivity (Wildman–Crippen MR) is 66.6 cm³/mol. The van der Waals surface area contributed by atoms with Gasteiger partial charge in [0, 0.05) is 18.8 Å². The summed E-state index contributed by atoms with van der Waals surface area (Å²) in [5, 5.41) is 6.21. The zero-order valence-corrected chi connectivity index (χ0v) is 10.6. The van der Waals surface area contributed by atoms with Crippen LogP contribution in [-0.4, -0.2) is 34.3 Å². The van der Waals surface area contributed by atoms with Crippen molar-refractivity contribution >= 4 is 15.5 Å². The molecule has 2 N–H and O–H groups in total. The number of hydrogen-bond donors (Lipinski definition) is 2. The maximum Gasteiger partial charge on any atom is 0.177 e. The van der Waals surface area contributed by atoms with E-state index in [1.165, 1.54) is 6.26 Å². The first-order chi connectivity index (χ1) is 7.45. The van der Waals surface area contributed by atoms with Crippen molar-refractivity contribution in [2.75, 3.05) is 25.2 Å². The molecule has 1 aromatic rings. The molecule has 1 unspecified atom stereocenters. The average molecular weight is 242 g/mol. The minimum atomic E-state index is -3.17. The first-order valence-corrected chi connectivity index (χ1v) is 7.04. The van der Waals surface area contributed by atoms with E-state index < -0.39 is 9.84 Å². The summed E-state index contributed by atoms with van der Waals surface area (Å²) < 4.78 is 23.0. The fraction of sp³-hybridized carbons (Fsp3) is 0.455. The third-order valence-electron chi connectivity index (χ3n) is 2.38. The molecule has 0 amide bonds. The van der Waals surface area contributed by atoms with Gasteiger partial charge in [-0.3, -0.25) is 0 Å². The van der Waals surface area contributed by atoms with Gasteiger partial charge in [0.05, 0.1) is 10.6 Å².